The monoisotopic (exact) mass is 657 g/mol. The zero-order chi connectivity index (χ0) is 34.9. The maximum atomic E-state index is 2.72. The predicted octanol–water partition coefficient (Wildman–Crippen LogP) is 13.5. The molecular weight excluding hydrogens is 615 g/mol. The Morgan fingerprint density at radius 1 is 0.471 bits per heavy atom. The maximum absolute atomic E-state index is 2.72. The Hall–Kier alpha value is -5.66. The number of benzene rings is 7. The minimum absolute atomic E-state index is 0.0885. The molecular formula is C50H43N. The summed E-state index contributed by atoms with van der Waals surface area (Å²) < 4.78 is 0. The summed E-state index contributed by atoms with van der Waals surface area (Å²) in [5.74, 6) is 0. The summed E-state index contributed by atoms with van der Waals surface area (Å²) >= 11 is 0. The lowest BCUT2D eigenvalue weighted by atomic mass is 9.83. The fraction of sp³-hybridized carbons (Fsp3) is 0.160. The van der Waals surface area contributed by atoms with Gasteiger partial charge in [0.05, 0.1) is 11.4 Å². The zero-order valence-corrected chi connectivity index (χ0v) is 30.2. The summed E-state index contributed by atoms with van der Waals surface area (Å²) in [5, 5.41) is 0. The first-order valence-corrected chi connectivity index (χ1v) is 18.3. The van der Waals surface area contributed by atoms with Gasteiger partial charge in [0, 0.05) is 24.1 Å². The van der Waals surface area contributed by atoms with Crippen LogP contribution in [0, 0.1) is 13.8 Å². The second-order valence-corrected chi connectivity index (χ2v) is 15.4. The first-order chi connectivity index (χ1) is 24.8. The van der Waals surface area contributed by atoms with Crippen molar-refractivity contribution in [2.45, 2.75) is 52.9 Å². The van der Waals surface area contributed by atoms with Crippen LogP contribution in [0.2, 0.25) is 0 Å². The van der Waals surface area contributed by atoms with Crippen LogP contribution in [0.5, 0.6) is 0 Å². The number of nitrogens with zero attached hydrogens (tertiary/aromatic N) is 1. The molecule has 248 valence electrons. The Morgan fingerprint density at radius 2 is 0.980 bits per heavy atom. The number of rotatable bonds is 5. The summed E-state index contributed by atoms with van der Waals surface area (Å²) in [4.78, 5) is 2.72. The molecule has 0 saturated carbocycles. The van der Waals surface area contributed by atoms with E-state index in [0.717, 1.165) is 12.8 Å². The first-order valence-electron chi connectivity index (χ1n) is 18.3. The molecule has 51 heavy (non-hydrogen) atoms. The predicted molar refractivity (Wildman–Crippen MR) is 217 cm³/mol. The van der Waals surface area contributed by atoms with Crippen molar-refractivity contribution in [3.05, 3.63) is 185 Å². The van der Waals surface area contributed by atoms with Crippen molar-refractivity contribution < 1.29 is 0 Å². The lowest BCUT2D eigenvalue weighted by Gasteiger charge is -2.37. The van der Waals surface area contributed by atoms with Crippen LogP contribution in [-0.4, -0.2) is 0 Å². The lowest BCUT2D eigenvalue weighted by Crippen LogP contribution is -2.22. The molecule has 1 nitrogen and oxygen atoms in total. The van der Waals surface area contributed by atoms with Crippen molar-refractivity contribution in [1.29, 1.82) is 0 Å². The van der Waals surface area contributed by atoms with E-state index in [2.05, 4.69) is 185 Å². The van der Waals surface area contributed by atoms with Gasteiger partial charge < -0.3 is 4.90 Å². The van der Waals surface area contributed by atoms with Crippen LogP contribution in [0.3, 0.4) is 0 Å². The standard InChI is InChI=1S/C50H43N/c1-32-28-41-38-24-14-12-22-36(38)29-43(41)48(33(32)2)51(46-27-17-16-26-45(46)50(3,4)5)49-44-30-37-23-13-15-25-39(37)42(44)31-40(34-18-8-6-9-19-34)47(49)35-20-10-7-11-21-35/h6-28,31H,29-30H2,1-5H3. The topological polar surface area (TPSA) is 3.24 Å². The number of fused-ring (bicyclic) bond motifs is 6. The van der Waals surface area contributed by atoms with Gasteiger partial charge in [-0.2, -0.15) is 0 Å². The zero-order valence-electron chi connectivity index (χ0n) is 30.2. The van der Waals surface area contributed by atoms with Crippen LogP contribution >= 0.6 is 0 Å². The van der Waals surface area contributed by atoms with E-state index in [9.17, 15) is 0 Å². The van der Waals surface area contributed by atoms with E-state index in [1.807, 2.05) is 0 Å². The summed E-state index contributed by atoms with van der Waals surface area (Å²) in [5.41, 5.74) is 23.8. The second kappa shape index (κ2) is 12.0. The summed E-state index contributed by atoms with van der Waals surface area (Å²) in [6, 6.07) is 54.3. The number of hydrogen-bond donors (Lipinski definition) is 0. The normalized spacial score (nSPS) is 12.6. The molecule has 0 atom stereocenters. The Balaban J connectivity index is 1.49. The van der Waals surface area contributed by atoms with Gasteiger partial charge in [-0.3, -0.25) is 0 Å². The molecule has 0 amide bonds. The second-order valence-electron chi connectivity index (χ2n) is 15.4. The fourth-order valence-electron chi connectivity index (χ4n) is 8.70. The van der Waals surface area contributed by atoms with E-state index < -0.39 is 0 Å². The molecule has 0 aromatic heterocycles. The highest BCUT2D eigenvalue weighted by atomic mass is 15.2. The van der Waals surface area contributed by atoms with E-state index in [4.69, 9.17) is 0 Å². The van der Waals surface area contributed by atoms with E-state index in [1.165, 1.54) is 101 Å². The highest BCUT2D eigenvalue weighted by Crippen LogP contribution is 2.57. The maximum Gasteiger partial charge on any atom is 0.0588 e. The largest absolute Gasteiger partial charge is 0.309 e. The molecule has 7 aromatic rings. The van der Waals surface area contributed by atoms with Crippen LogP contribution in [0.15, 0.2) is 146 Å². The number of aryl methyl sites for hydroxylation is 1. The third-order valence-corrected chi connectivity index (χ3v) is 11.2. The first kappa shape index (κ1) is 31.3. The minimum Gasteiger partial charge on any atom is -0.309 e. The third kappa shape index (κ3) is 5.06. The Morgan fingerprint density at radius 3 is 1.61 bits per heavy atom. The highest BCUT2D eigenvalue weighted by molar-refractivity contribution is 6.05. The minimum atomic E-state index is -0.0885. The van der Waals surface area contributed by atoms with Crippen LogP contribution in [-0.2, 0) is 18.3 Å². The van der Waals surface area contributed by atoms with Crippen LogP contribution in [0.25, 0.3) is 44.5 Å². The molecule has 9 rings (SSSR count). The quantitative estimate of drug-likeness (QED) is 0.178. The molecule has 0 spiro atoms. The van der Waals surface area contributed by atoms with Gasteiger partial charge in [0.25, 0.3) is 0 Å². The fourth-order valence-corrected chi connectivity index (χ4v) is 8.70. The van der Waals surface area contributed by atoms with Crippen molar-refractivity contribution in [3.63, 3.8) is 0 Å². The molecule has 1 heteroatoms. The van der Waals surface area contributed by atoms with Gasteiger partial charge in [-0.25, -0.2) is 0 Å². The van der Waals surface area contributed by atoms with Crippen LogP contribution in [0.1, 0.15) is 59.7 Å². The average molecular weight is 658 g/mol. The van der Waals surface area contributed by atoms with Crippen molar-refractivity contribution >= 4 is 17.1 Å². The molecule has 2 aliphatic carbocycles. The molecule has 0 bridgehead atoms. The molecule has 0 aliphatic heterocycles. The molecule has 0 saturated heterocycles. The van der Waals surface area contributed by atoms with Gasteiger partial charge in [-0.05, 0) is 109 Å². The van der Waals surface area contributed by atoms with Gasteiger partial charge in [-0.15, -0.1) is 0 Å². The van der Waals surface area contributed by atoms with Crippen molar-refractivity contribution in [2.75, 3.05) is 4.90 Å². The van der Waals surface area contributed by atoms with E-state index in [-0.39, 0.29) is 5.41 Å². The van der Waals surface area contributed by atoms with E-state index in [0.29, 0.717) is 0 Å². The van der Waals surface area contributed by atoms with Gasteiger partial charge in [0.15, 0.2) is 0 Å². The molecule has 7 aromatic carbocycles. The number of anilines is 3. The molecule has 0 N–H and O–H groups in total. The molecule has 0 fully saturated rings. The third-order valence-electron chi connectivity index (χ3n) is 11.2. The highest BCUT2D eigenvalue weighted by Gasteiger charge is 2.36. The summed E-state index contributed by atoms with van der Waals surface area (Å²) in [6.07, 6.45) is 1.80. The van der Waals surface area contributed by atoms with Crippen molar-refractivity contribution in [3.8, 4) is 44.5 Å². The Bertz CT molecular complexity index is 2460. The van der Waals surface area contributed by atoms with Crippen molar-refractivity contribution in [2.24, 2.45) is 0 Å². The molecule has 0 radical (unpaired) electrons. The van der Waals surface area contributed by atoms with Gasteiger partial charge >= 0.3 is 0 Å². The SMILES string of the molecule is Cc1cc2c(c(N(c3ccccc3C(C)(C)C)c3c4c(cc(-c5ccccc5)c3-c3ccccc3)-c3ccccc3C4)c1C)Cc1ccccc1-2. The van der Waals surface area contributed by atoms with Crippen molar-refractivity contribution in [1.82, 2.24) is 0 Å². The smallest absolute Gasteiger partial charge is 0.0588 e. The van der Waals surface area contributed by atoms with E-state index >= 15 is 0 Å². The van der Waals surface area contributed by atoms with Gasteiger partial charge in [0.1, 0.15) is 0 Å². The Labute approximate surface area is 302 Å². The summed E-state index contributed by atoms with van der Waals surface area (Å²) in [7, 11) is 0. The lowest BCUT2D eigenvalue weighted by molar-refractivity contribution is 0.591. The molecule has 0 unspecified atom stereocenters. The number of para-hydroxylation sites is 1. The number of hydrogen-bond acceptors (Lipinski definition) is 1. The van der Waals surface area contributed by atoms with Gasteiger partial charge in [-0.1, -0.05) is 154 Å². The van der Waals surface area contributed by atoms with Crippen LogP contribution in [0.4, 0.5) is 17.1 Å². The Kier molecular flexibility index (Phi) is 7.37. The van der Waals surface area contributed by atoms with E-state index in [1.54, 1.807) is 0 Å². The summed E-state index contributed by atoms with van der Waals surface area (Å²) in [6.45, 7) is 11.7. The molecule has 2 aliphatic rings. The average Bonchev–Trinajstić information content (AvgIpc) is 3.71. The molecule has 0 heterocycles. The van der Waals surface area contributed by atoms with Crippen LogP contribution < -0.4 is 4.90 Å². The van der Waals surface area contributed by atoms with Gasteiger partial charge in [0.2, 0.25) is 0 Å².